The van der Waals surface area contributed by atoms with Gasteiger partial charge in [0.15, 0.2) is 6.61 Å². The van der Waals surface area contributed by atoms with Gasteiger partial charge in [-0.2, -0.15) is 0 Å². The Hall–Kier alpha value is -3.02. The van der Waals surface area contributed by atoms with E-state index in [2.05, 4.69) is 5.32 Å². The molecular formula is C17H18N2O4. The number of carbonyl (C=O) groups excluding carboxylic acids is 2. The molecule has 3 N–H and O–H groups in total. The van der Waals surface area contributed by atoms with E-state index in [0.717, 1.165) is 0 Å². The number of nitrogens with one attached hydrogen (secondary N) is 1. The van der Waals surface area contributed by atoms with Gasteiger partial charge in [0.2, 0.25) is 0 Å². The highest BCUT2D eigenvalue weighted by molar-refractivity contribution is 5.98. The van der Waals surface area contributed by atoms with Gasteiger partial charge in [-0.05, 0) is 37.3 Å². The van der Waals surface area contributed by atoms with Crippen molar-refractivity contribution in [1.29, 1.82) is 0 Å². The fourth-order valence-corrected chi connectivity index (χ4v) is 1.86. The van der Waals surface area contributed by atoms with Gasteiger partial charge in [-0.3, -0.25) is 4.79 Å². The van der Waals surface area contributed by atoms with Crippen LogP contribution in [0, 0.1) is 0 Å². The second kappa shape index (κ2) is 7.84. The number of amides is 1. The van der Waals surface area contributed by atoms with Crippen molar-refractivity contribution >= 4 is 23.3 Å². The summed E-state index contributed by atoms with van der Waals surface area (Å²) in [5, 5.41) is 2.62. The Balaban J connectivity index is 1.99. The lowest BCUT2D eigenvalue weighted by Crippen LogP contribution is -2.21. The molecule has 0 unspecified atom stereocenters. The van der Waals surface area contributed by atoms with E-state index >= 15 is 0 Å². The van der Waals surface area contributed by atoms with E-state index in [1.165, 1.54) is 6.07 Å². The van der Waals surface area contributed by atoms with Gasteiger partial charge in [-0.1, -0.05) is 18.2 Å². The minimum atomic E-state index is -0.469. The molecule has 0 aliphatic rings. The highest BCUT2D eigenvalue weighted by Gasteiger charge is 2.11. The van der Waals surface area contributed by atoms with Crippen LogP contribution >= 0.6 is 0 Å². The molecule has 2 rings (SSSR count). The zero-order valence-electron chi connectivity index (χ0n) is 12.7. The molecule has 6 heteroatoms. The molecular weight excluding hydrogens is 296 g/mol. The van der Waals surface area contributed by atoms with Crippen LogP contribution in [0.4, 0.5) is 11.4 Å². The summed E-state index contributed by atoms with van der Waals surface area (Å²) >= 11 is 0. The smallest absolute Gasteiger partial charge is 0.338 e. The Morgan fingerprint density at radius 2 is 1.87 bits per heavy atom. The molecule has 1 amide bonds. The van der Waals surface area contributed by atoms with Crippen molar-refractivity contribution in [2.24, 2.45) is 0 Å². The van der Waals surface area contributed by atoms with E-state index in [4.69, 9.17) is 15.2 Å². The summed E-state index contributed by atoms with van der Waals surface area (Å²) in [5.41, 5.74) is 6.83. The first kappa shape index (κ1) is 16.4. The highest BCUT2D eigenvalue weighted by Crippen LogP contribution is 2.20. The molecule has 2 aromatic rings. The number of para-hydroxylation sites is 1. The largest absolute Gasteiger partial charge is 0.484 e. The number of benzene rings is 2. The SMILES string of the molecule is CCOC(=O)c1ccc(N)c(NC(=O)COc2ccccc2)c1. The first-order valence-electron chi connectivity index (χ1n) is 7.14. The lowest BCUT2D eigenvalue weighted by Gasteiger charge is -2.11. The van der Waals surface area contributed by atoms with E-state index in [0.29, 0.717) is 22.7 Å². The van der Waals surface area contributed by atoms with Gasteiger partial charge in [-0.25, -0.2) is 4.79 Å². The van der Waals surface area contributed by atoms with Crippen molar-refractivity contribution < 1.29 is 19.1 Å². The maximum Gasteiger partial charge on any atom is 0.338 e. The van der Waals surface area contributed by atoms with Crippen LogP contribution in [-0.4, -0.2) is 25.1 Å². The third-order valence-electron chi connectivity index (χ3n) is 2.95. The van der Waals surface area contributed by atoms with Gasteiger partial charge in [0.25, 0.3) is 5.91 Å². The van der Waals surface area contributed by atoms with Gasteiger partial charge in [-0.15, -0.1) is 0 Å². The van der Waals surface area contributed by atoms with Crippen LogP contribution < -0.4 is 15.8 Å². The van der Waals surface area contributed by atoms with Crippen molar-refractivity contribution in [2.45, 2.75) is 6.92 Å². The summed E-state index contributed by atoms with van der Waals surface area (Å²) in [7, 11) is 0. The van der Waals surface area contributed by atoms with E-state index < -0.39 is 5.97 Å². The molecule has 0 aliphatic heterocycles. The molecule has 2 aromatic carbocycles. The zero-order valence-corrected chi connectivity index (χ0v) is 12.7. The van der Waals surface area contributed by atoms with Crippen LogP contribution in [0.25, 0.3) is 0 Å². The molecule has 0 atom stereocenters. The second-order valence-electron chi connectivity index (χ2n) is 4.67. The average Bonchev–Trinajstić information content (AvgIpc) is 2.56. The van der Waals surface area contributed by atoms with Crippen LogP contribution in [-0.2, 0) is 9.53 Å². The Morgan fingerprint density at radius 1 is 1.13 bits per heavy atom. The summed E-state index contributed by atoms with van der Waals surface area (Å²) in [6.07, 6.45) is 0. The Kier molecular flexibility index (Phi) is 5.57. The Bertz CT molecular complexity index is 686. The number of rotatable bonds is 6. The fourth-order valence-electron chi connectivity index (χ4n) is 1.86. The summed E-state index contributed by atoms with van der Waals surface area (Å²) < 4.78 is 10.3. The van der Waals surface area contributed by atoms with E-state index in [9.17, 15) is 9.59 Å². The maximum atomic E-state index is 11.9. The second-order valence-corrected chi connectivity index (χ2v) is 4.67. The number of ether oxygens (including phenoxy) is 2. The first-order valence-corrected chi connectivity index (χ1v) is 7.14. The van der Waals surface area contributed by atoms with Crippen LogP contribution in [0.1, 0.15) is 17.3 Å². The van der Waals surface area contributed by atoms with Crippen LogP contribution in [0.5, 0.6) is 5.75 Å². The van der Waals surface area contributed by atoms with Gasteiger partial charge in [0.1, 0.15) is 5.75 Å². The monoisotopic (exact) mass is 314 g/mol. The molecule has 0 radical (unpaired) electrons. The number of esters is 1. The number of hydrogen-bond acceptors (Lipinski definition) is 5. The molecule has 0 aliphatic carbocycles. The standard InChI is InChI=1S/C17H18N2O4/c1-2-22-17(21)12-8-9-14(18)15(10-12)19-16(20)11-23-13-6-4-3-5-7-13/h3-10H,2,11,18H2,1H3,(H,19,20). The topological polar surface area (TPSA) is 90.6 Å². The lowest BCUT2D eigenvalue weighted by molar-refractivity contribution is -0.118. The van der Waals surface area contributed by atoms with Gasteiger partial charge >= 0.3 is 5.97 Å². The molecule has 0 saturated carbocycles. The molecule has 0 heterocycles. The Morgan fingerprint density at radius 3 is 2.57 bits per heavy atom. The van der Waals surface area contributed by atoms with Gasteiger partial charge in [0, 0.05) is 0 Å². The molecule has 0 saturated heterocycles. The van der Waals surface area contributed by atoms with Crippen molar-refractivity contribution in [3.8, 4) is 5.75 Å². The summed E-state index contributed by atoms with van der Waals surface area (Å²) in [4.78, 5) is 23.6. The third-order valence-corrected chi connectivity index (χ3v) is 2.95. The van der Waals surface area contributed by atoms with E-state index in [1.54, 1.807) is 31.2 Å². The molecule has 6 nitrogen and oxygen atoms in total. The van der Waals surface area contributed by atoms with Crippen LogP contribution in [0.3, 0.4) is 0 Å². The summed E-state index contributed by atoms with van der Waals surface area (Å²) in [6, 6.07) is 13.6. The third kappa shape index (κ3) is 4.74. The van der Waals surface area contributed by atoms with E-state index in [-0.39, 0.29) is 19.1 Å². The number of anilines is 2. The molecule has 0 aromatic heterocycles. The Labute approximate surface area is 134 Å². The number of carbonyl (C=O) groups is 2. The van der Waals surface area contributed by atoms with Gasteiger partial charge < -0.3 is 20.5 Å². The highest BCUT2D eigenvalue weighted by atomic mass is 16.5. The van der Waals surface area contributed by atoms with Crippen LogP contribution in [0.15, 0.2) is 48.5 Å². The predicted octanol–water partition coefficient (Wildman–Crippen LogP) is 2.46. The number of nitrogen functional groups attached to an aromatic ring is 1. The van der Waals surface area contributed by atoms with Crippen LogP contribution in [0.2, 0.25) is 0 Å². The fraction of sp³-hybridized carbons (Fsp3) is 0.176. The number of nitrogens with two attached hydrogens (primary N) is 1. The minimum absolute atomic E-state index is 0.160. The first-order chi connectivity index (χ1) is 11.1. The quantitative estimate of drug-likeness (QED) is 0.631. The molecule has 0 bridgehead atoms. The van der Waals surface area contributed by atoms with Crippen molar-refractivity contribution in [3.05, 3.63) is 54.1 Å². The normalized spacial score (nSPS) is 9.96. The summed E-state index contributed by atoms with van der Waals surface area (Å²) in [6.45, 7) is 1.84. The molecule has 0 spiro atoms. The van der Waals surface area contributed by atoms with E-state index in [1.807, 2.05) is 18.2 Å². The van der Waals surface area contributed by atoms with Crippen molar-refractivity contribution in [1.82, 2.24) is 0 Å². The predicted molar refractivity (Wildman–Crippen MR) is 87.4 cm³/mol. The minimum Gasteiger partial charge on any atom is -0.484 e. The maximum absolute atomic E-state index is 11.9. The van der Waals surface area contributed by atoms with Crippen molar-refractivity contribution in [2.75, 3.05) is 24.3 Å². The zero-order chi connectivity index (χ0) is 16.7. The van der Waals surface area contributed by atoms with Crippen molar-refractivity contribution in [3.63, 3.8) is 0 Å². The number of hydrogen-bond donors (Lipinski definition) is 2. The molecule has 0 fully saturated rings. The molecule has 23 heavy (non-hydrogen) atoms. The summed E-state index contributed by atoms with van der Waals surface area (Å²) in [5.74, 6) is -0.249. The lowest BCUT2D eigenvalue weighted by atomic mass is 10.1. The van der Waals surface area contributed by atoms with Gasteiger partial charge in [0.05, 0.1) is 23.5 Å². The molecule has 120 valence electrons. The average molecular weight is 314 g/mol.